The van der Waals surface area contributed by atoms with Crippen LogP contribution in [-0.4, -0.2) is 77.7 Å². The summed E-state index contributed by atoms with van der Waals surface area (Å²) < 4.78 is 0. The fraction of sp³-hybridized carbons (Fsp3) is 0.344. The second-order valence-corrected chi connectivity index (χ2v) is 10.9. The molecule has 0 saturated carbocycles. The lowest BCUT2D eigenvalue weighted by Gasteiger charge is -2.30. The number of amides is 3. The molecule has 0 radical (unpaired) electrons. The van der Waals surface area contributed by atoms with Gasteiger partial charge in [-0.15, -0.1) is 0 Å². The molecule has 1 aliphatic heterocycles. The molecule has 222 valence electrons. The molecule has 3 amide bonds. The molecule has 4 atom stereocenters. The zero-order valence-electron chi connectivity index (χ0n) is 24.2. The summed E-state index contributed by atoms with van der Waals surface area (Å²) in [6, 6.07) is 19.2. The van der Waals surface area contributed by atoms with Gasteiger partial charge in [-0.25, -0.2) is 0 Å². The summed E-state index contributed by atoms with van der Waals surface area (Å²) in [6.07, 6.45) is -1.23. The number of aromatic hydroxyl groups is 1. The maximum absolute atomic E-state index is 13.7. The Bertz CT molecular complexity index is 1400. The minimum Gasteiger partial charge on any atom is -0.508 e. The van der Waals surface area contributed by atoms with Crippen molar-refractivity contribution < 1.29 is 24.6 Å². The van der Waals surface area contributed by atoms with E-state index in [9.17, 15) is 24.6 Å². The predicted molar refractivity (Wildman–Crippen MR) is 161 cm³/mol. The maximum atomic E-state index is 13.7. The summed E-state index contributed by atoms with van der Waals surface area (Å²) in [7, 11) is 3.90. The van der Waals surface area contributed by atoms with Gasteiger partial charge in [0.15, 0.2) is 6.10 Å². The van der Waals surface area contributed by atoms with Gasteiger partial charge < -0.3 is 36.4 Å². The van der Waals surface area contributed by atoms with Crippen molar-refractivity contribution in [2.24, 2.45) is 5.73 Å². The summed E-state index contributed by atoms with van der Waals surface area (Å²) >= 11 is 0. The number of aliphatic hydroxyl groups excluding tert-OH is 1. The Morgan fingerprint density at radius 3 is 2.36 bits per heavy atom. The van der Waals surface area contributed by atoms with Crippen LogP contribution in [0.3, 0.4) is 0 Å². The van der Waals surface area contributed by atoms with Crippen LogP contribution in [0.2, 0.25) is 0 Å². The van der Waals surface area contributed by atoms with Gasteiger partial charge in [0, 0.05) is 50.0 Å². The number of likely N-dealkylation sites (tertiary alicyclic amines) is 1. The maximum Gasteiger partial charge on any atom is 0.254 e. The first-order valence-electron chi connectivity index (χ1n) is 14.0. The summed E-state index contributed by atoms with van der Waals surface area (Å²) in [5, 5.41) is 27.1. The number of nitrogens with zero attached hydrogens (tertiary/aromatic N) is 2. The lowest BCUT2D eigenvalue weighted by Crippen LogP contribution is -2.55. The average molecular weight is 574 g/mol. The molecule has 0 bridgehead atoms. The molecule has 3 aromatic rings. The van der Waals surface area contributed by atoms with Crippen molar-refractivity contribution in [2.45, 2.75) is 50.5 Å². The van der Waals surface area contributed by atoms with E-state index >= 15 is 0 Å². The number of nitrogens with two attached hydrogens (primary N) is 1. The minimum absolute atomic E-state index is 0.0348. The minimum atomic E-state index is -1.65. The second kappa shape index (κ2) is 13.5. The largest absolute Gasteiger partial charge is 0.508 e. The fourth-order valence-corrected chi connectivity index (χ4v) is 5.15. The average Bonchev–Trinajstić information content (AvgIpc) is 3.38. The van der Waals surface area contributed by atoms with Crippen LogP contribution in [0, 0.1) is 6.92 Å². The lowest BCUT2D eigenvalue weighted by molar-refractivity contribution is -0.146. The number of nitrogens with one attached hydrogen (secondary N) is 2. The van der Waals surface area contributed by atoms with Crippen LogP contribution in [0.25, 0.3) is 0 Å². The SMILES string of the molecule is Cc1c(O)cccc1C(=O)N[C@@H](Cc1ccccc1)[C@H](O)C(=O)N1C[C@H](N)C[C@H]1C(=O)NCc1ccc(N(C)C)cc1. The van der Waals surface area contributed by atoms with Gasteiger partial charge in [-0.2, -0.15) is 0 Å². The number of hydrogen-bond donors (Lipinski definition) is 5. The van der Waals surface area contributed by atoms with Crippen molar-refractivity contribution in [3.8, 4) is 5.75 Å². The van der Waals surface area contributed by atoms with E-state index in [4.69, 9.17) is 5.73 Å². The Morgan fingerprint density at radius 1 is 1.00 bits per heavy atom. The number of rotatable bonds is 10. The van der Waals surface area contributed by atoms with Crippen LogP contribution < -0.4 is 21.3 Å². The molecule has 42 heavy (non-hydrogen) atoms. The zero-order valence-corrected chi connectivity index (χ0v) is 24.2. The van der Waals surface area contributed by atoms with Gasteiger partial charge in [-0.3, -0.25) is 14.4 Å². The molecule has 0 aliphatic carbocycles. The van der Waals surface area contributed by atoms with E-state index in [1.807, 2.05) is 73.6 Å². The van der Waals surface area contributed by atoms with E-state index in [1.54, 1.807) is 19.1 Å². The smallest absolute Gasteiger partial charge is 0.254 e. The highest BCUT2D eigenvalue weighted by Crippen LogP contribution is 2.22. The third-order valence-electron chi connectivity index (χ3n) is 7.64. The van der Waals surface area contributed by atoms with Crippen molar-refractivity contribution in [1.82, 2.24) is 15.5 Å². The summed E-state index contributed by atoms with van der Waals surface area (Å²) in [4.78, 5) is 43.4. The van der Waals surface area contributed by atoms with Gasteiger partial charge in [-0.05, 0) is 55.2 Å². The molecule has 10 heteroatoms. The Kier molecular flexibility index (Phi) is 9.82. The number of anilines is 1. The number of phenols is 1. The molecule has 0 spiro atoms. The molecular formula is C32H39N5O5. The van der Waals surface area contributed by atoms with Crippen LogP contribution in [0.1, 0.15) is 33.5 Å². The van der Waals surface area contributed by atoms with E-state index in [1.165, 1.54) is 11.0 Å². The quantitative estimate of drug-likeness (QED) is 0.248. The number of aliphatic hydroxyl groups is 1. The summed E-state index contributed by atoms with van der Waals surface area (Å²) in [6.45, 7) is 1.99. The van der Waals surface area contributed by atoms with Gasteiger partial charge in [0.2, 0.25) is 5.91 Å². The van der Waals surface area contributed by atoms with Crippen molar-refractivity contribution in [3.05, 3.63) is 95.1 Å². The molecular weight excluding hydrogens is 534 g/mol. The van der Waals surface area contributed by atoms with Gasteiger partial charge in [0.1, 0.15) is 11.8 Å². The second-order valence-electron chi connectivity index (χ2n) is 10.9. The van der Waals surface area contributed by atoms with Crippen LogP contribution >= 0.6 is 0 Å². The lowest BCUT2D eigenvalue weighted by atomic mass is 9.98. The highest BCUT2D eigenvalue weighted by atomic mass is 16.3. The van der Waals surface area contributed by atoms with Crippen LogP contribution in [0.15, 0.2) is 72.8 Å². The molecule has 6 N–H and O–H groups in total. The van der Waals surface area contributed by atoms with Crippen molar-refractivity contribution in [2.75, 3.05) is 25.5 Å². The van der Waals surface area contributed by atoms with E-state index in [0.717, 1.165) is 16.8 Å². The normalized spacial score (nSPS) is 17.8. The number of benzene rings is 3. The van der Waals surface area contributed by atoms with Crippen molar-refractivity contribution in [3.63, 3.8) is 0 Å². The van der Waals surface area contributed by atoms with Crippen LogP contribution in [-0.2, 0) is 22.6 Å². The molecule has 0 unspecified atom stereocenters. The van der Waals surface area contributed by atoms with E-state index < -0.39 is 36.0 Å². The van der Waals surface area contributed by atoms with Gasteiger partial charge >= 0.3 is 0 Å². The summed E-state index contributed by atoms with van der Waals surface area (Å²) in [5.41, 5.74) is 9.53. The third-order valence-corrected chi connectivity index (χ3v) is 7.64. The Labute approximate surface area is 246 Å². The van der Waals surface area contributed by atoms with E-state index in [-0.39, 0.29) is 43.2 Å². The highest BCUT2D eigenvalue weighted by molar-refractivity contribution is 5.97. The number of carbonyl (C=O) groups is 3. The van der Waals surface area contributed by atoms with E-state index in [0.29, 0.717) is 5.56 Å². The fourth-order valence-electron chi connectivity index (χ4n) is 5.15. The molecule has 1 aliphatic rings. The first-order valence-corrected chi connectivity index (χ1v) is 14.0. The molecule has 4 rings (SSSR count). The standard InChI is InChI=1S/C32H39N5O5/c1-20-25(10-7-11-28(20)38)30(40)35-26(16-21-8-5-4-6-9-21)29(39)32(42)37-19-23(33)17-27(37)31(41)34-18-22-12-14-24(15-13-22)36(2)3/h4-15,23,26-27,29,38-39H,16-19,33H2,1-3H3,(H,34,41)(H,35,40)/t23-,26+,27+,29+/m1/s1. The van der Waals surface area contributed by atoms with Crippen molar-refractivity contribution >= 4 is 23.4 Å². The number of carbonyl (C=O) groups excluding carboxylic acids is 3. The van der Waals surface area contributed by atoms with Gasteiger partial charge in [-0.1, -0.05) is 48.5 Å². The van der Waals surface area contributed by atoms with Gasteiger partial charge in [0.05, 0.1) is 6.04 Å². The van der Waals surface area contributed by atoms with Crippen molar-refractivity contribution in [1.29, 1.82) is 0 Å². The number of phenolic OH excluding ortho intramolecular Hbond substituents is 1. The molecule has 3 aromatic carbocycles. The molecule has 10 nitrogen and oxygen atoms in total. The van der Waals surface area contributed by atoms with E-state index in [2.05, 4.69) is 10.6 Å². The summed E-state index contributed by atoms with van der Waals surface area (Å²) in [5.74, 6) is -1.62. The Balaban J connectivity index is 1.49. The Morgan fingerprint density at radius 2 is 1.69 bits per heavy atom. The van der Waals surface area contributed by atoms with Crippen LogP contribution in [0.4, 0.5) is 5.69 Å². The molecule has 1 saturated heterocycles. The number of hydrogen-bond acceptors (Lipinski definition) is 7. The molecule has 0 aromatic heterocycles. The first kappa shape index (κ1) is 30.5. The first-order chi connectivity index (χ1) is 20.0. The van der Waals surface area contributed by atoms with Crippen LogP contribution in [0.5, 0.6) is 5.75 Å². The highest BCUT2D eigenvalue weighted by Gasteiger charge is 2.42. The monoisotopic (exact) mass is 573 g/mol. The Hall–Kier alpha value is -4.41. The molecule has 1 fully saturated rings. The zero-order chi connectivity index (χ0) is 30.4. The topological polar surface area (TPSA) is 148 Å². The predicted octanol–water partition coefficient (Wildman–Crippen LogP) is 1.71. The third kappa shape index (κ3) is 7.26. The molecule has 1 heterocycles. The van der Waals surface area contributed by atoms with Gasteiger partial charge in [0.25, 0.3) is 11.8 Å².